The van der Waals surface area contributed by atoms with Crippen molar-refractivity contribution in [3.63, 3.8) is 0 Å². The summed E-state index contributed by atoms with van der Waals surface area (Å²) in [6, 6.07) is 23.0. The Bertz CT molecular complexity index is 1140. The summed E-state index contributed by atoms with van der Waals surface area (Å²) in [6.45, 7) is 10.0. The lowest BCUT2D eigenvalue weighted by molar-refractivity contribution is -0.143. The molecule has 0 spiro atoms. The molecule has 2 amide bonds. The van der Waals surface area contributed by atoms with Crippen LogP contribution in [-0.4, -0.2) is 35.4 Å². The molecular formula is C30H36N2O3. The Labute approximate surface area is 209 Å². The number of ether oxygens (including phenoxy) is 1. The van der Waals surface area contributed by atoms with Crippen molar-refractivity contribution in [3.8, 4) is 5.75 Å². The molecule has 0 bridgehead atoms. The fraction of sp³-hybridized carbons (Fsp3) is 0.333. The molecule has 5 nitrogen and oxygen atoms in total. The number of rotatable bonds is 10. The lowest BCUT2D eigenvalue weighted by Gasteiger charge is -2.32. The maximum absolute atomic E-state index is 13.6. The SMILES string of the molecule is Cc1cccc(CN(C(=O)COc2ccc(C)cc2C)C(Cc2ccccc2)C(=O)NC(C)C)c1. The van der Waals surface area contributed by atoms with Crippen molar-refractivity contribution in [1.82, 2.24) is 10.2 Å². The van der Waals surface area contributed by atoms with E-state index in [1.807, 2.05) is 107 Å². The first kappa shape index (κ1) is 26.0. The van der Waals surface area contributed by atoms with Crippen molar-refractivity contribution in [3.05, 3.63) is 101 Å². The van der Waals surface area contributed by atoms with Crippen LogP contribution in [0.2, 0.25) is 0 Å². The van der Waals surface area contributed by atoms with Gasteiger partial charge in [-0.3, -0.25) is 9.59 Å². The van der Waals surface area contributed by atoms with E-state index in [1.165, 1.54) is 0 Å². The van der Waals surface area contributed by atoms with Gasteiger partial charge in [0, 0.05) is 19.0 Å². The molecule has 0 radical (unpaired) electrons. The van der Waals surface area contributed by atoms with Gasteiger partial charge >= 0.3 is 0 Å². The van der Waals surface area contributed by atoms with Crippen molar-refractivity contribution in [2.24, 2.45) is 0 Å². The third kappa shape index (κ3) is 7.71. The molecule has 0 fully saturated rings. The highest BCUT2D eigenvalue weighted by Gasteiger charge is 2.31. The first-order valence-corrected chi connectivity index (χ1v) is 12.1. The van der Waals surface area contributed by atoms with Crippen molar-refractivity contribution in [1.29, 1.82) is 0 Å². The lowest BCUT2D eigenvalue weighted by Crippen LogP contribution is -2.52. The minimum Gasteiger partial charge on any atom is -0.483 e. The molecule has 3 aromatic carbocycles. The number of amides is 2. The molecule has 3 rings (SSSR count). The van der Waals surface area contributed by atoms with E-state index in [9.17, 15) is 9.59 Å². The average Bonchev–Trinajstić information content (AvgIpc) is 2.81. The van der Waals surface area contributed by atoms with Gasteiger partial charge in [-0.25, -0.2) is 0 Å². The fourth-order valence-electron chi connectivity index (χ4n) is 4.13. The van der Waals surface area contributed by atoms with Crippen LogP contribution in [0.1, 0.15) is 41.7 Å². The van der Waals surface area contributed by atoms with Gasteiger partial charge in [-0.05, 0) is 57.4 Å². The molecule has 0 heterocycles. The summed E-state index contributed by atoms with van der Waals surface area (Å²) in [7, 11) is 0. The average molecular weight is 473 g/mol. The van der Waals surface area contributed by atoms with Crippen LogP contribution in [0.25, 0.3) is 0 Å². The van der Waals surface area contributed by atoms with Crippen LogP contribution in [0.3, 0.4) is 0 Å². The van der Waals surface area contributed by atoms with Gasteiger partial charge in [-0.2, -0.15) is 0 Å². The second-order valence-corrected chi connectivity index (χ2v) is 9.44. The van der Waals surface area contributed by atoms with Crippen LogP contribution in [0.4, 0.5) is 0 Å². The number of hydrogen-bond donors (Lipinski definition) is 1. The van der Waals surface area contributed by atoms with Crippen molar-refractivity contribution in [2.75, 3.05) is 6.61 Å². The summed E-state index contributed by atoms with van der Waals surface area (Å²) < 4.78 is 5.93. The van der Waals surface area contributed by atoms with E-state index < -0.39 is 6.04 Å². The topological polar surface area (TPSA) is 58.6 Å². The van der Waals surface area contributed by atoms with E-state index in [-0.39, 0.29) is 24.5 Å². The number of carbonyl (C=O) groups excluding carboxylic acids is 2. The van der Waals surface area contributed by atoms with Gasteiger partial charge in [0.05, 0.1) is 0 Å². The maximum atomic E-state index is 13.6. The Morgan fingerprint density at radius 2 is 1.54 bits per heavy atom. The van der Waals surface area contributed by atoms with Crippen LogP contribution in [0.5, 0.6) is 5.75 Å². The van der Waals surface area contributed by atoms with Gasteiger partial charge in [0.15, 0.2) is 6.61 Å². The lowest BCUT2D eigenvalue weighted by atomic mass is 10.0. The van der Waals surface area contributed by atoms with E-state index in [0.29, 0.717) is 18.7 Å². The number of carbonyl (C=O) groups is 2. The van der Waals surface area contributed by atoms with Gasteiger partial charge in [-0.15, -0.1) is 0 Å². The zero-order chi connectivity index (χ0) is 25.4. The van der Waals surface area contributed by atoms with Crippen LogP contribution >= 0.6 is 0 Å². The molecule has 3 aromatic rings. The molecule has 0 aliphatic carbocycles. The zero-order valence-electron chi connectivity index (χ0n) is 21.4. The van der Waals surface area contributed by atoms with E-state index in [2.05, 4.69) is 5.32 Å². The molecule has 0 saturated carbocycles. The largest absolute Gasteiger partial charge is 0.483 e. The Balaban J connectivity index is 1.92. The molecule has 5 heteroatoms. The first-order chi connectivity index (χ1) is 16.7. The molecule has 1 unspecified atom stereocenters. The van der Waals surface area contributed by atoms with Gasteiger partial charge in [0.1, 0.15) is 11.8 Å². The second kappa shape index (κ2) is 12.2. The molecule has 184 valence electrons. The van der Waals surface area contributed by atoms with E-state index >= 15 is 0 Å². The monoisotopic (exact) mass is 472 g/mol. The summed E-state index contributed by atoms with van der Waals surface area (Å²) in [5, 5.41) is 3.01. The van der Waals surface area contributed by atoms with E-state index in [1.54, 1.807) is 4.90 Å². The quantitative estimate of drug-likeness (QED) is 0.444. The highest BCUT2D eigenvalue weighted by Crippen LogP contribution is 2.20. The molecule has 0 aromatic heterocycles. The van der Waals surface area contributed by atoms with E-state index in [0.717, 1.165) is 27.8 Å². The highest BCUT2D eigenvalue weighted by molar-refractivity contribution is 5.88. The van der Waals surface area contributed by atoms with Gasteiger partial charge in [0.2, 0.25) is 5.91 Å². The van der Waals surface area contributed by atoms with Gasteiger partial charge < -0.3 is 15.0 Å². The Morgan fingerprint density at radius 3 is 2.20 bits per heavy atom. The van der Waals surface area contributed by atoms with Gasteiger partial charge in [0.25, 0.3) is 5.91 Å². The first-order valence-electron chi connectivity index (χ1n) is 12.1. The molecule has 0 saturated heterocycles. The minimum atomic E-state index is -0.671. The standard InChI is InChI=1S/C30H36N2O3/c1-21(2)31-30(34)27(18-25-11-7-6-8-12-25)32(19-26-13-9-10-22(3)17-26)29(33)20-35-28-15-14-23(4)16-24(28)5/h6-17,21,27H,18-20H2,1-5H3,(H,31,34). The number of aryl methyl sites for hydroxylation is 3. The third-order valence-corrected chi connectivity index (χ3v) is 5.82. The second-order valence-electron chi connectivity index (χ2n) is 9.44. The molecule has 1 N–H and O–H groups in total. The smallest absolute Gasteiger partial charge is 0.261 e. The number of nitrogens with one attached hydrogen (secondary N) is 1. The molecular weight excluding hydrogens is 436 g/mol. The summed E-state index contributed by atoms with van der Waals surface area (Å²) in [6.07, 6.45) is 0.417. The Hall–Kier alpha value is -3.60. The molecule has 1 atom stereocenters. The zero-order valence-corrected chi connectivity index (χ0v) is 21.4. The van der Waals surface area contributed by atoms with Gasteiger partial charge in [-0.1, -0.05) is 77.9 Å². The van der Waals surface area contributed by atoms with Crippen LogP contribution in [0, 0.1) is 20.8 Å². The molecule has 0 aliphatic rings. The van der Waals surface area contributed by atoms with E-state index in [4.69, 9.17) is 4.74 Å². The predicted octanol–water partition coefficient (Wildman–Crippen LogP) is 5.16. The van der Waals surface area contributed by atoms with Crippen molar-refractivity contribution in [2.45, 2.75) is 59.7 Å². The predicted molar refractivity (Wildman–Crippen MR) is 140 cm³/mol. The van der Waals surface area contributed by atoms with Crippen LogP contribution in [0.15, 0.2) is 72.8 Å². The highest BCUT2D eigenvalue weighted by atomic mass is 16.5. The van der Waals surface area contributed by atoms with Crippen LogP contribution < -0.4 is 10.1 Å². The summed E-state index contributed by atoms with van der Waals surface area (Å²) in [4.78, 5) is 28.7. The number of benzene rings is 3. The Kier molecular flexibility index (Phi) is 9.07. The number of nitrogens with zero attached hydrogens (tertiary/aromatic N) is 1. The third-order valence-electron chi connectivity index (χ3n) is 5.82. The molecule has 0 aliphatic heterocycles. The minimum absolute atomic E-state index is 0.0387. The summed E-state index contributed by atoms with van der Waals surface area (Å²) in [5.41, 5.74) is 5.18. The normalized spacial score (nSPS) is 11.7. The Morgan fingerprint density at radius 1 is 0.857 bits per heavy atom. The van der Waals surface area contributed by atoms with Crippen molar-refractivity contribution >= 4 is 11.8 Å². The summed E-state index contributed by atoms with van der Waals surface area (Å²) in [5.74, 6) is 0.272. The van der Waals surface area contributed by atoms with Crippen molar-refractivity contribution < 1.29 is 14.3 Å². The number of hydrogen-bond acceptors (Lipinski definition) is 3. The summed E-state index contributed by atoms with van der Waals surface area (Å²) >= 11 is 0. The maximum Gasteiger partial charge on any atom is 0.261 e. The van der Waals surface area contributed by atoms with Crippen LogP contribution in [-0.2, 0) is 22.6 Å². The fourth-order valence-corrected chi connectivity index (χ4v) is 4.13. The molecule has 35 heavy (non-hydrogen) atoms.